The number of imidazole rings is 1. The molecule has 2 aromatic carbocycles. The third-order valence-electron chi connectivity index (χ3n) is 4.31. The van der Waals surface area contributed by atoms with Gasteiger partial charge in [0.25, 0.3) is 0 Å². The molecular formula is C20H23ClN2O4S. The summed E-state index contributed by atoms with van der Waals surface area (Å²) in [5.41, 5.74) is 2.72. The molecule has 6 nitrogen and oxygen atoms in total. The summed E-state index contributed by atoms with van der Waals surface area (Å²) in [7, 11) is 1.63. The van der Waals surface area contributed by atoms with Crippen molar-refractivity contribution in [2.45, 2.75) is 24.7 Å². The lowest BCUT2D eigenvalue weighted by molar-refractivity contribution is -0.136. The van der Waals surface area contributed by atoms with Crippen LogP contribution in [0.1, 0.15) is 24.4 Å². The molecule has 8 heteroatoms. The Bertz CT molecular complexity index is 930. The van der Waals surface area contributed by atoms with Gasteiger partial charge in [0.15, 0.2) is 6.10 Å². The molecule has 0 bridgehead atoms. The van der Waals surface area contributed by atoms with Crippen LogP contribution in [0.15, 0.2) is 42.5 Å². The van der Waals surface area contributed by atoms with Gasteiger partial charge in [-0.15, -0.1) is 24.2 Å². The smallest absolute Gasteiger partial charge is 0.316 e. The summed E-state index contributed by atoms with van der Waals surface area (Å²) in [6.45, 7) is 1.93. The predicted octanol–water partition coefficient (Wildman–Crippen LogP) is 4.49. The zero-order valence-electron chi connectivity index (χ0n) is 15.8. The molecule has 0 saturated carbocycles. The molecule has 0 saturated heterocycles. The number of carboxylic acid groups (broad SMARTS) is 1. The second-order valence-corrected chi connectivity index (χ2v) is 7.22. The highest BCUT2D eigenvalue weighted by molar-refractivity contribution is 7.99. The molecule has 3 rings (SSSR count). The van der Waals surface area contributed by atoms with E-state index in [0.717, 1.165) is 28.2 Å². The third kappa shape index (κ3) is 5.11. The minimum Gasteiger partial charge on any atom is -0.497 e. The number of nitrogens with zero attached hydrogens (tertiary/aromatic N) is 1. The van der Waals surface area contributed by atoms with Gasteiger partial charge in [-0.05, 0) is 49.4 Å². The summed E-state index contributed by atoms with van der Waals surface area (Å²) in [5, 5.41) is 8.72. The fourth-order valence-corrected chi connectivity index (χ4v) is 3.34. The molecule has 28 heavy (non-hydrogen) atoms. The molecule has 0 aliphatic rings. The van der Waals surface area contributed by atoms with E-state index in [4.69, 9.17) is 14.6 Å². The average Bonchev–Trinajstić information content (AvgIpc) is 3.10. The van der Waals surface area contributed by atoms with Crippen LogP contribution in [0.3, 0.4) is 0 Å². The van der Waals surface area contributed by atoms with Gasteiger partial charge in [0, 0.05) is 6.07 Å². The Morgan fingerprint density at radius 1 is 1.21 bits per heavy atom. The second kappa shape index (κ2) is 9.71. The molecule has 150 valence electrons. The summed E-state index contributed by atoms with van der Waals surface area (Å²) in [6, 6.07) is 13.2. The number of ether oxygens (including phenoxy) is 2. The molecule has 3 aromatic rings. The fourth-order valence-electron chi connectivity index (χ4n) is 2.78. The number of halogens is 1. The number of fused-ring (bicyclic) bond motifs is 1. The summed E-state index contributed by atoms with van der Waals surface area (Å²) >= 11 is 1.34. The van der Waals surface area contributed by atoms with E-state index < -0.39 is 11.2 Å². The van der Waals surface area contributed by atoms with Gasteiger partial charge in [0.2, 0.25) is 0 Å². The van der Waals surface area contributed by atoms with E-state index in [1.165, 1.54) is 11.8 Å². The van der Waals surface area contributed by atoms with Gasteiger partial charge in [0.05, 0.1) is 18.1 Å². The number of hydrogen-bond donors (Lipinski definition) is 2. The van der Waals surface area contributed by atoms with E-state index in [2.05, 4.69) is 9.97 Å². The van der Waals surface area contributed by atoms with Gasteiger partial charge in [-0.2, -0.15) is 0 Å². The Kier molecular flexibility index (Phi) is 7.60. The van der Waals surface area contributed by atoms with E-state index in [1.54, 1.807) is 13.4 Å². The number of aliphatic carboxylic acids is 1. The first-order valence-corrected chi connectivity index (χ1v) is 9.83. The number of nitrogens with one attached hydrogen (secondary N) is 1. The monoisotopic (exact) mass is 422 g/mol. The minimum absolute atomic E-state index is 0. The van der Waals surface area contributed by atoms with Crippen LogP contribution in [0.25, 0.3) is 11.0 Å². The number of methoxy groups -OCH3 is 1. The molecule has 0 aliphatic heterocycles. The van der Waals surface area contributed by atoms with Gasteiger partial charge in [-0.25, -0.2) is 4.98 Å². The lowest BCUT2D eigenvalue weighted by Crippen LogP contribution is -2.18. The number of carbonyl (C=O) groups is 1. The van der Waals surface area contributed by atoms with Crippen molar-refractivity contribution in [2.24, 2.45) is 0 Å². The molecule has 1 aromatic heterocycles. The number of benzene rings is 2. The number of carboxylic acids is 1. The van der Waals surface area contributed by atoms with Gasteiger partial charge in [-0.1, -0.05) is 12.1 Å². The van der Waals surface area contributed by atoms with Crippen LogP contribution >= 0.6 is 24.2 Å². The van der Waals surface area contributed by atoms with Crippen LogP contribution < -0.4 is 9.47 Å². The molecule has 0 aliphatic carbocycles. The van der Waals surface area contributed by atoms with Crippen LogP contribution in [-0.2, 0) is 11.2 Å². The summed E-state index contributed by atoms with van der Waals surface area (Å²) in [6.07, 6.45) is 2.03. The topological polar surface area (TPSA) is 84.4 Å². The van der Waals surface area contributed by atoms with E-state index in [1.807, 2.05) is 49.4 Å². The highest BCUT2D eigenvalue weighted by Gasteiger charge is 2.17. The maximum absolute atomic E-state index is 11.2. The van der Waals surface area contributed by atoms with Crippen LogP contribution in [0, 0.1) is 0 Å². The van der Waals surface area contributed by atoms with Crippen molar-refractivity contribution in [3.05, 3.63) is 53.9 Å². The lowest BCUT2D eigenvalue weighted by atomic mass is 10.1. The molecule has 0 fully saturated rings. The number of aromatic amines is 1. The summed E-state index contributed by atoms with van der Waals surface area (Å²) in [4.78, 5) is 19.0. The first kappa shape index (κ1) is 21.9. The molecule has 1 heterocycles. The van der Waals surface area contributed by atoms with Crippen molar-refractivity contribution < 1.29 is 19.4 Å². The second-order valence-electron chi connectivity index (χ2n) is 6.18. The molecule has 0 spiro atoms. The van der Waals surface area contributed by atoms with E-state index in [0.29, 0.717) is 12.2 Å². The Morgan fingerprint density at radius 2 is 1.89 bits per heavy atom. The van der Waals surface area contributed by atoms with Crippen molar-refractivity contribution in [2.75, 3.05) is 13.4 Å². The number of thioether (sulfide) groups is 1. The summed E-state index contributed by atoms with van der Waals surface area (Å²) < 4.78 is 11.2. The van der Waals surface area contributed by atoms with E-state index in [9.17, 15) is 4.79 Å². The highest BCUT2D eigenvalue weighted by Crippen LogP contribution is 2.25. The quantitative estimate of drug-likeness (QED) is 0.556. The van der Waals surface area contributed by atoms with Crippen LogP contribution in [0.5, 0.6) is 11.5 Å². The largest absolute Gasteiger partial charge is 0.497 e. The molecule has 0 radical (unpaired) electrons. The Labute approximate surface area is 174 Å². The van der Waals surface area contributed by atoms with Crippen LogP contribution in [0.4, 0.5) is 0 Å². The molecular weight excluding hydrogens is 400 g/mol. The van der Waals surface area contributed by atoms with Crippen molar-refractivity contribution in [1.29, 1.82) is 0 Å². The number of aromatic nitrogens is 2. The first-order valence-electron chi connectivity index (χ1n) is 8.55. The maximum atomic E-state index is 11.2. The standard InChI is InChI=1S/C20H22N2O4S.ClH/c1-12(19-21-16-9-8-15(25-2)11-17(16)22-19)26-14-6-4-13(5-7-14)10-18(27-3)20(23)24;/h4-9,11-12,18H,10H2,1-3H3,(H,21,22)(H,23,24);1H. The number of hydrogen-bond acceptors (Lipinski definition) is 5. The molecule has 2 N–H and O–H groups in total. The Hall–Kier alpha value is -2.38. The van der Waals surface area contributed by atoms with Gasteiger partial charge < -0.3 is 19.6 Å². The van der Waals surface area contributed by atoms with Gasteiger partial charge >= 0.3 is 5.97 Å². The average molecular weight is 423 g/mol. The molecule has 2 unspecified atom stereocenters. The van der Waals surface area contributed by atoms with Gasteiger partial charge in [0.1, 0.15) is 22.6 Å². The van der Waals surface area contributed by atoms with Gasteiger partial charge in [-0.3, -0.25) is 4.79 Å². The Morgan fingerprint density at radius 3 is 2.50 bits per heavy atom. The zero-order valence-corrected chi connectivity index (χ0v) is 17.5. The molecule has 2 atom stereocenters. The third-order valence-corrected chi connectivity index (χ3v) is 5.25. The minimum atomic E-state index is -0.794. The fraction of sp³-hybridized carbons (Fsp3) is 0.300. The van der Waals surface area contributed by atoms with Crippen LogP contribution in [-0.4, -0.2) is 39.7 Å². The first-order chi connectivity index (χ1) is 13.0. The lowest BCUT2D eigenvalue weighted by Gasteiger charge is -2.13. The van der Waals surface area contributed by atoms with Crippen molar-refractivity contribution in [1.82, 2.24) is 9.97 Å². The van der Waals surface area contributed by atoms with Crippen molar-refractivity contribution >= 4 is 41.2 Å². The zero-order chi connectivity index (χ0) is 19.4. The summed E-state index contributed by atoms with van der Waals surface area (Å²) in [5.74, 6) is 1.42. The molecule has 0 amide bonds. The predicted molar refractivity (Wildman–Crippen MR) is 114 cm³/mol. The van der Waals surface area contributed by atoms with E-state index >= 15 is 0 Å². The Balaban J connectivity index is 0.00000280. The van der Waals surface area contributed by atoms with Crippen molar-refractivity contribution in [3.8, 4) is 11.5 Å². The highest BCUT2D eigenvalue weighted by atomic mass is 35.5. The van der Waals surface area contributed by atoms with Crippen LogP contribution in [0.2, 0.25) is 0 Å². The van der Waals surface area contributed by atoms with Crippen molar-refractivity contribution in [3.63, 3.8) is 0 Å². The SMILES string of the molecule is COc1ccc2nc(C(C)Oc3ccc(CC(SC)C(=O)O)cc3)[nH]c2c1.Cl. The number of rotatable bonds is 8. The number of H-pyrrole nitrogens is 1. The van der Waals surface area contributed by atoms with E-state index in [-0.39, 0.29) is 18.5 Å². The normalized spacial score (nSPS) is 12.8. The maximum Gasteiger partial charge on any atom is 0.316 e.